The van der Waals surface area contributed by atoms with Crippen LogP contribution in [0.3, 0.4) is 0 Å². The molecule has 2 aliphatic heterocycles. The highest BCUT2D eigenvalue weighted by atomic mass is 16.4. The summed E-state index contributed by atoms with van der Waals surface area (Å²) in [5.74, 6) is -0.325. The molecule has 0 aromatic rings. The van der Waals surface area contributed by atoms with Crippen LogP contribution in [-0.4, -0.2) is 67.4 Å². The molecular formula is C12H22BN2O2. The Morgan fingerprint density at radius 3 is 2.71 bits per heavy atom. The first-order chi connectivity index (χ1) is 8.16. The number of likely N-dealkylation sites (N-methyl/N-ethyl adjacent to an activating group) is 1. The highest BCUT2D eigenvalue weighted by molar-refractivity contribution is 6.35. The van der Waals surface area contributed by atoms with E-state index in [4.69, 9.17) is 5.11 Å². The Bertz CT molecular complexity index is 267. The van der Waals surface area contributed by atoms with Crippen molar-refractivity contribution in [2.24, 2.45) is 5.92 Å². The van der Waals surface area contributed by atoms with Crippen molar-refractivity contribution in [1.29, 1.82) is 0 Å². The summed E-state index contributed by atoms with van der Waals surface area (Å²) in [4.78, 5) is 15.8. The Hall–Kier alpha value is -0.545. The molecule has 95 valence electrons. The van der Waals surface area contributed by atoms with Crippen molar-refractivity contribution in [2.45, 2.75) is 31.5 Å². The van der Waals surface area contributed by atoms with E-state index in [0.29, 0.717) is 18.4 Å². The molecule has 2 saturated heterocycles. The summed E-state index contributed by atoms with van der Waals surface area (Å²) in [6, 6.07) is 0.491. The molecule has 2 fully saturated rings. The Balaban J connectivity index is 1.93. The topological polar surface area (TPSA) is 43.8 Å². The molecule has 0 bridgehead atoms. The van der Waals surface area contributed by atoms with E-state index < -0.39 is 5.97 Å². The van der Waals surface area contributed by atoms with Crippen LogP contribution >= 0.6 is 0 Å². The molecule has 2 atom stereocenters. The highest BCUT2D eigenvalue weighted by Gasteiger charge is 2.32. The van der Waals surface area contributed by atoms with Crippen LogP contribution in [0.4, 0.5) is 0 Å². The molecule has 0 amide bonds. The first-order valence-electron chi connectivity index (χ1n) is 6.63. The second-order valence-electron chi connectivity index (χ2n) is 5.37. The van der Waals surface area contributed by atoms with Crippen molar-refractivity contribution in [3.63, 3.8) is 0 Å². The summed E-state index contributed by atoms with van der Waals surface area (Å²) in [5.41, 5.74) is 0. The molecule has 2 unspecified atom stereocenters. The molecular weight excluding hydrogens is 215 g/mol. The van der Waals surface area contributed by atoms with Gasteiger partial charge in [0, 0.05) is 38.6 Å². The molecule has 0 aromatic carbocycles. The van der Waals surface area contributed by atoms with Crippen LogP contribution in [0.15, 0.2) is 0 Å². The van der Waals surface area contributed by atoms with Crippen LogP contribution in [0.1, 0.15) is 12.8 Å². The van der Waals surface area contributed by atoms with E-state index in [1.807, 2.05) is 0 Å². The lowest BCUT2D eigenvalue weighted by Gasteiger charge is -2.43. The predicted molar refractivity (Wildman–Crippen MR) is 68.6 cm³/mol. The summed E-state index contributed by atoms with van der Waals surface area (Å²) in [6.07, 6.45) is 3.59. The number of hydrogen-bond acceptors (Lipinski definition) is 3. The molecule has 0 aromatic heterocycles. The molecule has 0 spiro atoms. The molecule has 2 aliphatic rings. The first kappa shape index (κ1) is 12.9. The second kappa shape index (κ2) is 5.87. The van der Waals surface area contributed by atoms with Gasteiger partial charge in [0.05, 0.1) is 0 Å². The van der Waals surface area contributed by atoms with Gasteiger partial charge < -0.3 is 10.0 Å². The Morgan fingerprint density at radius 1 is 1.35 bits per heavy atom. The fraction of sp³-hybridized carbons (Fsp3) is 0.917. The second-order valence-corrected chi connectivity index (χ2v) is 5.37. The quantitative estimate of drug-likeness (QED) is 0.731. The summed E-state index contributed by atoms with van der Waals surface area (Å²) in [7, 11) is 4.42. The maximum Gasteiger partial charge on any atom is 0.303 e. The number of aliphatic carboxylic acids is 1. The van der Waals surface area contributed by atoms with Crippen molar-refractivity contribution < 1.29 is 9.90 Å². The van der Waals surface area contributed by atoms with Crippen LogP contribution in [-0.2, 0) is 4.79 Å². The largest absolute Gasteiger partial charge is 0.481 e. The van der Waals surface area contributed by atoms with Crippen LogP contribution in [0.2, 0.25) is 12.6 Å². The number of rotatable bonds is 3. The monoisotopic (exact) mass is 237 g/mol. The van der Waals surface area contributed by atoms with Gasteiger partial charge in [-0.15, -0.1) is 0 Å². The number of carboxylic acids is 1. The third-order valence-corrected chi connectivity index (χ3v) is 4.12. The summed E-state index contributed by atoms with van der Waals surface area (Å²) in [6.45, 7) is 4.41. The smallest absolute Gasteiger partial charge is 0.303 e. The Kier molecular flexibility index (Phi) is 4.45. The van der Waals surface area contributed by atoms with E-state index in [1.165, 1.54) is 0 Å². The number of nitrogens with zero attached hydrogens (tertiary/aromatic N) is 2. The lowest BCUT2D eigenvalue weighted by molar-refractivity contribution is -0.138. The molecule has 2 heterocycles. The fourth-order valence-corrected chi connectivity index (χ4v) is 3.09. The molecule has 1 radical (unpaired) electrons. The van der Waals surface area contributed by atoms with Gasteiger partial charge in [-0.25, -0.2) is 0 Å². The number of carbonyl (C=O) groups is 1. The average Bonchev–Trinajstić information content (AvgIpc) is 2.30. The van der Waals surface area contributed by atoms with Gasteiger partial charge in [-0.1, -0.05) is 12.6 Å². The molecule has 4 nitrogen and oxygen atoms in total. The lowest BCUT2D eigenvalue weighted by Crippen LogP contribution is -2.52. The standard InChI is InChI=1S/C12H22BN2O2/c1-14-4-6-15(7-5-14)11-2-3-13-9-10(11)8-12(16)17/h10-11H,2-9H2,1H3,(H,16,17). The minimum atomic E-state index is -0.649. The SMILES string of the molecule is CN1CCN(C2CC[B]CC2CC(=O)O)CC1. The van der Waals surface area contributed by atoms with Gasteiger partial charge in [0.1, 0.15) is 7.28 Å². The summed E-state index contributed by atoms with van der Waals surface area (Å²) in [5, 5.41) is 8.98. The van der Waals surface area contributed by atoms with Crippen molar-refractivity contribution >= 4 is 13.2 Å². The van der Waals surface area contributed by atoms with Crippen LogP contribution < -0.4 is 0 Å². The number of hydrogen-bond donors (Lipinski definition) is 1. The third kappa shape index (κ3) is 3.46. The van der Waals surface area contributed by atoms with E-state index in [-0.39, 0.29) is 0 Å². The highest BCUT2D eigenvalue weighted by Crippen LogP contribution is 2.29. The molecule has 5 heteroatoms. The van der Waals surface area contributed by atoms with Crippen LogP contribution in [0, 0.1) is 5.92 Å². The van der Waals surface area contributed by atoms with Gasteiger partial charge >= 0.3 is 5.97 Å². The van der Waals surface area contributed by atoms with E-state index in [9.17, 15) is 4.79 Å². The van der Waals surface area contributed by atoms with Gasteiger partial charge in [0.15, 0.2) is 0 Å². The van der Waals surface area contributed by atoms with Crippen LogP contribution in [0.25, 0.3) is 0 Å². The van der Waals surface area contributed by atoms with E-state index in [1.54, 1.807) is 0 Å². The fourth-order valence-electron chi connectivity index (χ4n) is 3.09. The van der Waals surface area contributed by atoms with E-state index in [2.05, 4.69) is 24.1 Å². The Labute approximate surface area is 104 Å². The van der Waals surface area contributed by atoms with Gasteiger partial charge in [-0.05, 0) is 19.4 Å². The average molecular weight is 237 g/mol. The lowest BCUT2D eigenvalue weighted by atomic mass is 9.57. The molecule has 17 heavy (non-hydrogen) atoms. The summed E-state index contributed by atoms with van der Waals surface area (Å²) >= 11 is 0. The maximum atomic E-state index is 10.9. The summed E-state index contributed by atoms with van der Waals surface area (Å²) < 4.78 is 0. The maximum absolute atomic E-state index is 10.9. The normalized spacial score (nSPS) is 32.1. The zero-order valence-corrected chi connectivity index (χ0v) is 10.6. The third-order valence-electron chi connectivity index (χ3n) is 4.12. The number of carboxylic acid groups (broad SMARTS) is 1. The van der Waals surface area contributed by atoms with E-state index >= 15 is 0 Å². The van der Waals surface area contributed by atoms with Crippen molar-refractivity contribution in [3.05, 3.63) is 0 Å². The molecule has 0 saturated carbocycles. The minimum Gasteiger partial charge on any atom is -0.481 e. The van der Waals surface area contributed by atoms with E-state index in [0.717, 1.165) is 45.2 Å². The number of piperazine rings is 1. The van der Waals surface area contributed by atoms with Crippen molar-refractivity contribution in [3.8, 4) is 0 Å². The Morgan fingerprint density at radius 2 is 2.06 bits per heavy atom. The zero-order chi connectivity index (χ0) is 12.3. The molecule has 1 N–H and O–H groups in total. The van der Waals surface area contributed by atoms with Gasteiger partial charge in [-0.2, -0.15) is 0 Å². The first-order valence-corrected chi connectivity index (χ1v) is 6.63. The molecule has 0 aliphatic carbocycles. The van der Waals surface area contributed by atoms with Crippen molar-refractivity contribution in [2.75, 3.05) is 33.2 Å². The van der Waals surface area contributed by atoms with Gasteiger partial charge in [-0.3, -0.25) is 9.69 Å². The zero-order valence-electron chi connectivity index (χ0n) is 10.6. The van der Waals surface area contributed by atoms with Crippen LogP contribution in [0.5, 0.6) is 0 Å². The van der Waals surface area contributed by atoms with Gasteiger partial charge in [0.25, 0.3) is 0 Å². The molecule has 2 rings (SSSR count). The minimum absolute atomic E-state index is 0.324. The van der Waals surface area contributed by atoms with Gasteiger partial charge in [0.2, 0.25) is 0 Å². The van der Waals surface area contributed by atoms with Crippen molar-refractivity contribution in [1.82, 2.24) is 9.80 Å². The predicted octanol–water partition coefficient (Wildman–Crippen LogP) is 0.638.